The number of hydrogen-bond acceptors (Lipinski definition) is 2. The van der Waals surface area contributed by atoms with Crippen molar-refractivity contribution < 1.29 is 0 Å². The molecule has 0 fully saturated rings. The van der Waals surface area contributed by atoms with Crippen LogP contribution in [-0.4, -0.2) is 10.2 Å². The van der Waals surface area contributed by atoms with Gasteiger partial charge in [0.05, 0.1) is 11.5 Å². The lowest BCUT2D eigenvalue weighted by Crippen LogP contribution is -2.27. The Morgan fingerprint density at radius 2 is 2.08 bits per heavy atom. The number of hydrogen-bond donors (Lipinski definition) is 0. The van der Waals surface area contributed by atoms with Crippen molar-refractivity contribution in [3.05, 3.63) is 35.0 Å². The van der Waals surface area contributed by atoms with Gasteiger partial charge in [-0.1, -0.05) is 32.6 Å². The van der Waals surface area contributed by atoms with Gasteiger partial charge in [-0.25, -0.2) is 0 Å². The smallest absolute Gasteiger partial charge is 0.0926 e. The van der Waals surface area contributed by atoms with Crippen molar-refractivity contribution in [2.75, 3.05) is 0 Å². The fraction of sp³-hybridized carbons (Fsp3) is 0.273. The Morgan fingerprint density at radius 1 is 1.46 bits per heavy atom. The van der Waals surface area contributed by atoms with Crippen molar-refractivity contribution in [2.24, 2.45) is 0 Å². The van der Waals surface area contributed by atoms with Crippen LogP contribution in [0.3, 0.4) is 0 Å². The highest BCUT2D eigenvalue weighted by molar-refractivity contribution is 5.41. The van der Waals surface area contributed by atoms with Crippen molar-refractivity contribution in [1.82, 2.24) is 10.2 Å². The molecule has 0 aliphatic rings. The average molecular weight is 176 g/mol. The lowest BCUT2D eigenvalue weighted by Gasteiger charge is -1.86. The van der Waals surface area contributed by atoms with E-state index in [1.54, 1.807) is 6.20 Å². The molecule has 0 bridgehead atoms. The second-order valence-electron chi connectivity index (χ2n) is 2.43. The summed E-state index contributed by atoms with van der Waals surface area (Å²) in [6.45, 7) is 13.4. The lowest BCUT2D eigenvalue weighted by atomic mass is 10.3. The molecule has 0 aliphatic heterocycles. The van der Waals surface area contributed by atoms with E-state index in [1.807, 2.05) is 32.9 Å². The third-order valence-electron chi connectivity index (χ3n) is 1.22. The normalized spacial score (nSPS) is 10.2. The monoisotopic (exact) mass is 176 g/mol. The van der Waals surface area contributed by atoms with Gasteiger partial charge in [0.1, 0.15) is 0 Å². The maximum atomic E-state index is 3.89. The first-order chi connectivity index (χ1) is 6.20. The van der Waals surface area contributed by atoms with Crippen LogP contribution in [0, 0.1) is 0 Å². The summed E-state index contributed by atoms with van der Waals surface area (Å²) in [4.78, 5) is 0. The third kappa shape index (κ3) is 4.21. The molecule has 0 saturated carbocycles. The molecule has 0 spiro atoms. The minimum absolute atomic E-state index is 0.792. The fourth-order valence-electron chi connectivity index (χ4n) is 0.723. The molecule has 0 aromatic carbocycles. The van der Waals surface area contributed by atoms with Gasteiger partial charge in [-0.15, -0.1) is 0 Å². The Bertz CT molecular complexity index is 366. The van der Waals surface area contributed by atoms with Crippen LogP contribution in [0.1, 0.15) is 20.8 Å². The van der Waals surface area contributed by atoms with Crippen LogP contribution in [0.15, 0.2) is 24.4 Å². The van der Waals surface area contributed by atoms with Gasteiger partial charge in [0.2, 0.25) is 0 Å². The van der Waals surface area contributed by atoms with Crippen molar-refractivity contribution in [3.63, 3.8) is 0 Å². The number of allylic oxidation sites excluding steroid dienone is 1. The summed E-state index contributed by atoms with van der Waals surface area (Å²) >= 11 is 0. The Balaban J connectivity index is 0.000000671. The van der Waals surface area contributed by atoms with Crippen LogP contribution in [0.2, 0.25) is 0 Å². The van der Waals surface area contributed by atoms with Crippen LogP contribution in [0.5, 0.6) is 0 Å². The van der Waals surface area contributed by atoms with Crippen LogP contribution >= 0.6 is 0 Å². The quantitative estimate of drug-likeness (QED) is 0.644. The summed E-state index contributed by atoms with van der Waals surface area (Å²) in [5.74, 6) is 0. The largest absolute Gasteiger partial charge is 0.159 e. The van der Waals surface area contributed by atoms with E-state index >= 15 is 0 Å². The molecule has 0 N–H and O–H groups in total. The summed E-state index contributed by atoms with van der Waals surface area (Å²) < 4.78 is 0. The van der Waals surface area contributed by atoms with Gasteiger partial charge in [-0.05, 0) is 24.3 Å². The molecule has 0 unspecified atom stereocenters. The summed E-state index contributed by atoms with van der Waals surface area (Å²) in [6, 6.07) is 1.82. The highest BCUT2D eigenvalue weighted by Crippen LogP contribution is 1.83. The maximum Gasteiger partial charge on any atom is 0.0926 e. The lowest BCUT2D eigenvalue weighted by molar-refractivity contribution is 0.982. The van der Waals surface area contributed by atoms with Gasteiger partial charge in [0.15, 0.2) is 0 Å². The molecule has 0 saturated heterocycles. The summed E-state index contributed by atoms with van der Waals surface area (Å²) in [5, 5.41) is 9.30. The number of nitrogens with zero attached hydrogens (tertiary/aromatic N) is 2. The van der Waals surface area contributed by atoms with Crippen molar-refractivity contribution in [3.8, 4) is 0 Å². The maximum absolute atomic E-state index is 3.89. The molecule has 70 valence electrons. The second kappa shape index (κ2) is 6.12. The van der Waals surface area contributed by atoms with Crippen molar-refractivity contribution in [2.45, 2.75) is 20.8 Å². The van der Waals surface area contributed by atoms with Crippen molar-refractivity contribution >= 4 is 12.7 Å². The first kappa shape index (κ1) is 11.6. The Kier molecular flexibility index (Phi) is 5.44. The molecule has 2 heteroatoms. The van der Waals surface area contributed by atoms with E-state index in [1.165, 1.54) is 0 Å². The van der Waals surface area contributed by atoms with E-state index < -0.39 is 0 Å². The van der Waals surface area contributed by atoms with Gasteiger partial charge < -0.3 is 0 Å². The SMILES string of the molecule is C=C(C)/C=c1/nnccc1=C.CC. The fourth-order valence-corrected chi connectivity index (χ4v) is 0.723. The van der Waals surface area contributed by atoms with Crippen LogP contribution in [0.4, 0.5) is 0 Å². The van der Waals surface area contributed by atoms with E-state index in [9.17, 15) is 0 Å². The number of aromatic nitrogens is 2. The Hall–Kier alpha value is -1.44. The first-order valence-corrected chi connectivity index (χ1v) is 4.34. The minimum Gasteiger partial charge on any atom is -0.159 e. The van der Waals surface area contributed by atoms with E-state index in [0.29, 0.717) is 0 Å². The van der Waals surface area contributed by atoms with Gasteiger partial charge >= 0.3 is 0 Å². The summed E-state index contributed by atoms with van der Waals surface area (Å²) in [7, 11) is 0. The van der Waals surface area contributed by atoms with Crippen LogP contribution in [-0.2, 0) is 0 Å². The average Bonchev–Trinajstić information content (AvgIpc) is 2.12. The molecule has 0 radical (unpaired) electrons. The van der Waals surface area contributed by atoms with Gasteiger partial charge in [-0.2, -0.15) is 10.2 Å². The van der Waals surface area contributed by atoms with E-state index in [2.05, 4.69) is 23.4 Å². The van der Waals surface area contributed by atoms with E-state index in [-0.39, 0.29) is 0 Å². The molecule has 1 aromatic heterocycles. The molecule has 1 rings (SSSR count). The molecular formula is C11H16N2. The standard InChI is InChI=1S/C9H10N2.C2H6/c1-7(2)6-9-8(3)4-5-10-11-9;1-2/h4-6H,1,3H2,2H3;1-2H3/b9-6+;. The van der Waals surface area contributed by atoms with Crippen LogP contribution in [0.25, 0.3) is 12.7 Å². The molecule has 2 nitrogen and oxygen atoms in total. The molecule has 0 amide bonds. The second-order valence-corrected chi connectivity index (χ2v) is 2.43. The molecule has 1 aromatic rings. The van der Waals surface area contributed by atoms with Gasteiger partial charge in [0, 0.05) is 0 Å². The van der Waals surface area contributed by atoms with Gasteiger partial charge in [-0.3, -0.25) is 0 Å². The van der Waals surface area contributed by atoms with Gasteiger partial charge in [0.25, 0.3) is 0 Å². The van der Waals surface area contributed by atoms with E-state index in [4.69, 9.17) is 0 Å². The number of rotatable bonds is 1. The summed E-state index contributed by atoms with van der Waals surface area (Å²) in [6.07, 6.45) is 3.48. The highest BCUT2D eigenvalue weighted by atomic mass is 15.1. The minimum atomic E-state index is 0.792. The predicted molar refractivity (Wildman–Crippen MR) is 57.4 cm³/mol. The van der Waals surface area contributed by atoms with Crippen molar-refractivity contribution in [1.29, 1.82) is 0 Å². The molecule has 0 atom stereocenters. The molecular weight excluding hydrogens is 160 g/mol. The summed E-state index contributed by atoms with van der Waals surface area (Å²) in [5.41, 5.74) is 0.954. The zero-order valence-electron chi connectivity index (χ0n) is 8.54. The van der Waals surface area contributed by atoms with E-state index in [0.717, 1.165) is 16.1 Å². The Labute approximate surface area is 79.3 Å². The molecule has 13 heavy (non-hydrogen) atoms. The highest BCUT2D eigenvalue weighted by Gasteiger charge is 1.82. The zero-order valence-corrected chi connectivity index (χ0v) is 8.54. The predicted octanol–water partition coefficient (Wildman–Crippen LogP) is 1.27. The third-order valence-corrected chi connectivity index (χ3v) is 1.22. The first-order valence-electron chi connectivity index (χ1n) is 4.34. The topological polar surface area (TPSA) is 25.8 Å². The molecule has 0 aliphatic carbocycles. The molecule has 1 heterocycles. The zero-order chi connectivity index (χ0) is 10.3. The van der Waals surface area contributed by atoms with Crippen LogP contribution < -0.4 is 10.6 Å². The Morgan fingerprint density at radius 3 is 2.54 bits per heavy atom.